The summed E-state index contributed by atoms with van der Waals surface area (Å²) < 4.78 is 71.0. The summed E-state index contributed by atoms with van der Waals surface area (Å²) in [6, 6.07) is 15.2. The molecule has 1 aromatic heterocycles. The Morgan fingerprint density at radius 1 is 0.879 bits per heavy atom. The second kappa shape index (κ2) is 7.47. The Morgan fingerprint density at radius 2 is 1.55 bits per heavy atom. The summed E-state index contributed by atoms with van der Waals surface area (Å²) in [7, 11) is 0.664. The highest BCUT2D eigenvalue weighted by Gasteiger charge is 2.35. The highest BCUT2D eigenvalue weighted by Crippen LogP contribution is 2.41. The Balaban J connectivity index is 1.95. The predicted octanol–water partition coefficient (Wildman–Crippen LogP) is 6.30. The molecule has 0 aliphatic carbocycles. The van der Waals surface area contributed by atoms with Gasteiger partial charge in [-0.25, -0.2) is 4.99 Å². The van der Waals surface area contributed by atoms with Crippen molar-refractivity contribution in [2.45, 2.75) is 6.18 Å². The average molecular weight is 453 g/mol. The molecule has 0 amide bonds. The number of fused-ring (bicyclic) bond motifs is 4. The number of aliphatic imine (C=N–C) groups is 1. The van der Waals surface area contributed by atoms with Gasteiger partial charge in [0, 0.05) is 53.3 Å². The maximum Gasteiger partial charge on any atom is 0.678 e. The fourth-order valence-electron chi connectivity index (χ4n) is 4.38. The maximum absolute atomic E-state index is 14.3. The van der Waals surface area contributed by atoms with E-state index < -0.39 is 19.1 Å². The molecule has 0 bridgehead atoms. The minimum Gasteiger partial charge on any atom is -0.382 e. The largest absolute Gasteiger partial charge is 0.678 e. The molecule has 0 saturated carbocycles. The number of aromatic nitrogens is 1. The van der Waals surface area contributed by atoms with Crippen molar-refractivity contribution in [2.75, 3.05) is 14.1 Å². The van der Waals surface area contributed by atoms with Crippen LogP contribution in [-0.4, -0.2) is 36.6 Å². The zero-order chi connectivity index (χ0) is 23.5. The van der Waals surface area contributed by atoms with E-state index in [1.54, 1.807) is 61.6 Å². The third-order valence-corrected chi connectivity index (χ3v) is 5.65. The van der Waals surface area contributed by atoms with Crippen LogP contribution in [0.1, 0.15) is 22.3 Å². The normalized spacial score (nSPS) is 14.8. The van der Waals surface area contributed by atoms with E-state index in [4.69, 9.17) is 0 Å². The molecule has 1 aliphatic rings. The lowest BCUT2D eigenvalue weighted by molar-refractivity contribution is -0.137. The number of hydrogen-bond acceptors (Lipinski definition) is 2. The van der Waals surface area contributed by atoms with Gasteiger partial charge in [-0.05, 0) is 18.2 Å². The first-order valence-corrected chi connectivity index (χ1v) is 10.2. The Labute approximate surface area is 186 Å². The molecule has 3 nitrogen and oxygen atoms in total. The van der Waals surface area contributed by atoms with Gasteiger partial charge >= 0.3 is 13.6 Å². The van der Waals surface area contributed by atoms with Gasteiger partial charge in [-0.1, -0.05) is 42.5 Å². The molecule has 0 N–H and O–H groups in total. The molecule has 0 saturated heterocycles. The summed E-state index contributed by atoms with van der Waals surface area (Å²) in [5.41, 5.74) is 1.41. The number of hydrogen-bond donors (Lipinski definition) is 0. The molecule has 0 spiro atoms. The van der Waals surface area contributed by atoms with Crippen molar-refractivity contribution >= 4 is 40.6 Å². The summed E-state index contributed by atoms with van der Waals surface area (Å²) in [4.78, 5) is 6.40. The van der Waals surface area contributed by atoms with E-state index in [0.717, 1.165) is 22.2 Å². The van der Waals surface area contributed by atoms with E-state index >= 15 is 0 Å². The smallest absolute Gasteiger partial charge is 0.382 e. The zero-order valence-electron chi connectivity index (χ0n) is 17.7. The Hall–Kier alpha value is -3.62. The van der Waals surface area contributed by atoms with E-state index in [0.29, 0.717) is 16.6 Å². The molecule has 9 heteroatoms. The van der Waals surface area contributed by atoms with E-state index in [1.807, 2.05) is 6.07 Å². The molecule has 0 radical (unpaired) electrons. The van der Waals surface area contributed by atoms with Crippen molar-refractivity contribution in [2.24, 2.45) is 4.99 Å². The third-order valence-electron chi connectivity index (χ3n) is 5.65. The lowest BCUT2D eigenvalue weighted by Crippen LogP contribution is -2.16. The van der Waals surface area contributed by atoms with Crippen molar-refractivity contribution in [3.8, 4) is 0 Å². The lowest BCUT2D eigenvalue weighted by Gasteiger charge is -2.13. The number of para-hydroxylation sites is 1. The monoisotopic (exact) mass is 453 g/mol. The molecule has 1 aliphatic heterocycles. The lowest BCUT2D eigenvalue weighted by atomic mass is 9.95. The van der Waals surface area contributed by atoms with Gasteiger partial charge in [0.25, 0.3) is 0 Å². The summed E-state index contributed by atoms with van der Waals surface area (Å²) in [6.07, 6.45) is -2.91. The molecular weight excluding hydrogens is 436 g/mol. The van der Waals surface area contributed by atoms with Crippen LogP contribution in [0.25, 0.3) is 27.5 Å². The second-order valence-electron chi connectivity index (χ2n) is 8.07. The van der Waals surface area contributed by atoms with Crippen LogP contribution < -0.4 is 0 Å². The van der Waals surface area contributed by atoms with E-state index in [9.17, 15) is 21.8 Å². The van der Waals surface area contributed by atoms with Gasteiger partial charge in [0.15, 0.2) is 0 Å². The SMILES string of the molecule is CN(C)/C=C1\N=C(c2cc(C(F)(F)F)cc3c4ccccc4n(B(F)F)c23)c2ccccc21. The van der Waals surface area contributed by atoms with Crippen molar-refractivity contribution < 1.29 is 21.8 Å². The van der Waals surface area contributed by atoms with E-state index in [1.165, 1.54) is 6.07 Å². The molecule has 166 valence electrons. The molecule has 3 aromatic carbocycles. The van der Waals surface area contributed by atoms with Crippen LogP contribution in [-0.2, 0) is 6.18 Å². The number of alkyl halides is 3. The van der Waals surface area contributed by atoms with Crippen molar-refractivity contribution in [1.29, 1.82) is 0 Å². The summed E-state index contributed by atoms with van der Waals surface area (Å²) in [5.74, 6) is 0. The van der Waals surface area contributed by atoms with Gasteiger partial charge in [-0.2, -0.15) is 13.2 Å². The minimum absolute atomic E-state index is 0.0194. The average Bonchev–Trinajstić information content (AvgIpc) is 3.28. The van der Waals surface area contributed by atoms with Crippen LogP contribution in [0.4, 0.5) is 21.8 Å². The van der Waals surface area contributed by atoms with E-state index in [-0.39, 0.29) is 27.7 Å². The van der Waals surface area contributed by atoms with Gasteiger partial charge in [-0.3, -0.25) is 8.63 Å². The Bertz CT molecular complexity index is 1460. The standard InChI is InChI=1S/C24H17BF5N3/c1-32(2)13-20-15-7-3-4-9-17(15)22(31-20)19-12-14(24(26,27)28)11-18-16-8-5-6-10-21(16)33(23(18)19)25(29)30/h3-13H,1-2H3/b20-13-. The first-order valence-electron chi connectivity index (χ1n) is 10.2. The van der Waals surface area contributed by atoms with E-state index in [2.05, 4.69) is 4.99 Å². The summed E-state index contributed by atoms with van der Waals surface area (Å²) in [5, 5.41) is 0.442. The van der Waals surface area contributed by atoms with Crippen molar-refractivity contribution in [1.82, 2.24) is 9.38 Å². The second-order valence-corrected chi connectivity index (χ2v) is 8.07. The molecule has 0 unspecified atom stereocenters. The van der Waals surface area contributed by atoms with Crippen LogP contribution in [0, 0.1) is 0 Å². The highest BCUT2D eigenvalue weighted by atomic mass is 19.4. The summed E-state index contributed by atoms with van der Waals surface area (Å²) in [6.45, 7) is 0. The number of rotatable bonds is 3. The third kappa shape index (κ3) is 3.39. The van der Waals surface area contributed by atoms with Crippen LogP contribution in [0.3, 0.4) is 0 Å². The maximum atomic E-state index is 14.3. The van der Waals surface area contributed by atoms with Crippen molar-refractivity contribution in [3.05, 3.63) is 89.1 Å². The Kier molecular flexibility index (Phi) is 4.81. The van der Waals surface area contributed by atoms with Crippen LogP contribution in [0.2, 0.25) is 0 Å². The molecule has 33 heavy (non-hydrogen) atoms. The fraction of sp³-hybridized carbons (Fsp3) is 0.125. The van der Waals surface area contributed by atoms with Gasteiger partial charge in [0.2, 0.25) is 0 Å². The minimum atomic E-state index is -4.65. The molecular formula is C24H17BF5N3. The first kappa shape index (κ1) is 21.2. The molecule has 0 fully saturated rings. The Morgan fingerprint density at radius 3 is 2.21 bits per heavy atom. The molecule has 2 heterocycles. The summed E-state index contributed by atoms with van der Waals surface area (Å²) >= 11 is 0. The van der Waals surface area contributed by atoms with Crippen LogP contribution >= 0.6 is 0 Å². The highest BCUT2D eigenvalue weighted by molar-refractivity contribution is 6.46. The van der Waals surface area contributed by atoms with Gasteiger partial charge in [0.1, 0.15) is 0 Å². The topological polar surface area (TPSA) is 20.5 Å². The fourth-order valence-corrected chi connectivity index (χ4v) is 4.38. The van der Waals surface area contributed by atoms with Crippen LogP contribution in [0.5, 0.6) is 0 Å². The number of halogens is 5. The molecule has 4 aromatic rings. The van der Waals surface area contributed by atoms with Gasteiger partial charge in [-0.15, -0.1) is 0 Å². The van der Waals surface area contributed by atoms with Crippen molar-refractivity contribution in [3.63, 3.8) is 0 Å². The molecule has 5 rings (SSSR count). The zero-order valence-corrected chi connectivity index (χ0v) is 17.7. The number of nitrogens with zero attached hydrogens (tertiary/aromatic N) is 3. The van der Waals surface area contributed by atoms with Crippen LogP contribution in [0.15, 0.2) is 71.9 Å². The molecule has 0 atom stereocenters. The number of benzene rings is 3. The predicted molar refractivity (Wildman–Crippen MR) is 122 cm³/mol. The first-order chi connectivity index (χ1) is 15.7. The quantitative estimate of drug-likeness (QED) is 0.264. The van der Waals surface area contributed by atoms with Gasteiger partial charge in [0.05, 0.1) is 22.5 Å². The van der Waals surface area contributed by atoms with Gasteiger partial charge < -0.3 is 9.38 Å².